The van der Waals surface area contributed by atoms with Gasteiger partial charge in [-0.1, -0.05) is 18.2 Å². The number of para-hydroxylation sites is 1. The van der Waals surface area contributed by atoms with Crippen LogP contribution in [0.2, 0.25) is 0 Å². The average molecular weight is 282 g/mol. The quantitative estimate of drug-likeness (QED) is 0.854. The minimum Gasteiger partial charge on any atom is -0.480 e. The number of hydrogen-bond donors (Lipinski definition) is 2. The van der Waals surface area contributed by atoms with Gasteiger partial charge in [-0.05, 0) is 18.6 Å². The second-order valence-corrected chi connectivity index (χ2v) is 5.29. The van der Waals surface area contributed by atoms with Gasteiger partial charge >= 0.3 is 5.97 Å². The molecule has 1 saturated heterocycles. The van der Waals surface area contributed by atoms with Crippen LogP contribution in [0.4, 0.5) is 5.82 Å². The standard InChI is InChI=1S/C15H14N4O2/c16-8-10-7-13(18-12-4-2-1-3-11(10)12)19-6-5-15(17,9-19)14(20)21/h1-4,7H,5-6,9,17H2,(H,20,21). The van der Waals surface area contributed by atoms with Crippen LogP contribution >= 0.6 is 0 Å². The molecule has 0 spiro atoms. The Morgan fingerprint density at radius 1 is 1.48 bits per heavy atom. The number of aromatic nitrogens is 1. The van der Waals surface area contributed by atoms with E-state index in [-0.39, 0.29) is 6.54 Å². The monoisotopic (exact) mass is 282 g/mol. The van der Waals surface area contributed by atoms with Crippen LogP contribution in [0.1, 0.15) is 12.0 Å². The molecule has 6 heteroatoms. The Bertz CT molecular complexity index is 768. The molecule has 6 nitrogen and oxygen atoms in total. The van der Waals surface area contributed by atoms with Crippen molar-refractivity contribution in [1.29, 1.82) is 5.26 Å². The van der Waals surface area contributed by atoms with Crippen molar-refractivity contribution in [2.45, 2.75) is 12.0 Å². The van der Waals surface area contributed by atoms with Crippen molar-refractivity contribution in [3.8, 4) is 6.07 Å². The van der Waals surface area contributed by atoms with Crippen LogP contribution in [-0.2, 0) is 4.79 Å². The fourth-order valence-corrected chi connectivity index (χ4v) is 2.62. The predicted octanol–water partition coefficient (Wildman–Crippen LogP) is 1.10. The third kappa shape index (κ3) is 2.18. The van der Waals surface area contributed by atoms with Crippen molar-refractivity contribution in [1.82, 2.24) is 4.98 Å². The van der Waals surface area contributed by atoms with E-state index in [4.69, 9.17) is 5.73 Å². The molecule has 1 aliphatic rings. The van der Waals surface area contributed by atoms with Gasteiger partial charge in [0.25, 0.3) is 0 Å². The summed E-state index contributed by atoms with van der Waals surface area (Å²) in [6.07, 6.45) is 0.360. The summed E-state index contributed by atoms with van der Waals surface area (Å²) >= 11 is 0. The summed E-state index contributed by atoms with van der Waals surface area (Å²) in [4.78, 5) is 17.5. The first-order valence-electron chi connectivity index (χ1n) is 6.61. The van der Waals surface area contributed by atoms with Gasteiger partial charge < -0.3 is 15.7 Å². The van der Waals surface area contributed by atoms with Crippen molar-refractivity contribution in [3.05, 3.63) is 35.9 Å². The van der Waals surface area contributed by atoms with Crippen molar-refractivity contribution in [2.75, 3.05) is 18.0 Å². The van der Waals surface area contributed by atoms with Gasteiger partial charge in [-0.25, -0.2) is 4.98 Å². The molecule has 1 aliphatic heterocycles. The molecule has 1 unspecified atom stereocenters. The lowest BCUT2D eigenvalue weighted by Crippen LogP contribution is -2.50. The van der Waals surface area contributed by atoms with Gasteiger partial charge in [0, 0.05) is 18.5 Å². The van der Waals surface area contributed by atoms with E-state index in [9.17, 15) is 15.2 Å². The van der Waals surface area contributed by atoms with E-state index < -0.39 is 11.5 Å². The number of fused-ring (bicyclic) bond motifs is 1. The largest absolute Gasteiger partial charge is 0.480 e. The molecule has 1 aromatic carbocycles. The maximum absolute atomic E-state index is 11.2. The fraction of sp³-hybridized carbons (Fsp3) is 0.267. The lowest BCUT2D eigenvalue weighted by molar-refractivity contribution is -0.142. The summed E-state index contributed by atoms with van der Waals surface area (Å²) in [5.74, 6) is -0.412. The highest BCUT2D eigenvalue weighted by molar-refractivity contribution is 5.87. The minimum absolute atomic E-state index is 0.193. The Hall–Kier alpha value is -2.65. The SMILES string of the molecule is N#Cc1cc(N2CCC(N)(C(=O)O)C2)nc2ccccc12. The van der Waals surface area contributed by atoms with Crippen molar-refractivity contribution < 1.29 is 9.90 Å². The summed E-state index contributed by atoms with van der Waals surface area (Å²) in [5.41, 5.74) is 5.88. The number of carbonyl (C=O) groups is 1. The molecule has 2 heterocycles. The van der Waals surface area contributed by atoms with Crippen molar-refractivity contribution in [2.24, 2.45) is 5.73 Å². The second kappa shape index (κ2) is 4.72. The summed E-state index contributed by atoms with van der Waals surface area (Å²) in [6.45, 7) is 0.706. The van der Waals surface area contributed by atoms with E-state index in [1.54, 1.807) is 6.07 Å². The molecule has 0 amide bonds. The van der Waals surface area contributed by atoms with Gasteiger partial charge in [-0.15, -0.1) is 0 Å². The minimum atomic E-state index is -1.25. The Morgan fingerprint density at radius 3 is 2.90 bits per heavy atom. The van der Waals surface area contributed by atoms with E-state index in [2.05, 4.69) is 11.1 Å². The molecular weight excluding hydrogens is 268 g/mol. The summed E-state index contributed by atoms with van der Waals surface area (Å²) < 4.78 is 0. The third-order valence-electron chi connectivity index (χ3n) is 3.87. The first-order valence-corrected chi connectivity index (χ1v) is 6.61. The zero-order valence-corrected chi connectivity index (χ0v) is 11.3. The number of aliphatic carboxylic acids is 1. The molecule has 3 N–H and O–H groups in total. The molecular formula is C15H14N4O2. The number of carboxylic acid groups (broad SMARTS) is 1. The van der Waals surface area contributed by atoms with E-state index in [0.717, 1.165) is 10.9 Å². The molecule has 21 heavy (non-hydrogen) atoms. The zero-order chi connectivity index (χ0) is 15.0. The molecule has 1 atom stereocenters. The maximum atomic E-state index is 11.2. The number of benzene rings is 1. The number of hydrogen-bond acceptors (Lipinski definition) is 5. The molecule has 0 radical (unpaired) electrons. The van der Waals surface area contributed by atoms with Crippen LogP contribution in [0.25, 0.3) is 10.9 Å². The van der Waals surface area contributed by atoms with Crippen LogP contribution in [0.3, 0.4) is 0 Å². The molecule has 1 fully saturated rings. The fourth-order valence-electron chi connectivity index (χ4n) is 2.62. The Morgan fingerprint density at radius 2 is 2.24 bits per heavy atom. The van der Waals surface area contributed by atoms with Crippen LogP contribution in [0.15, 0.2) is 30.3 Å². The number of nitrogens with two attached hydrogens (primary N) is 1. The topological polar surface area (TPSA) is 103 Å². The summed E-state index contributed by atoms with van der Waals surface area (Å²) in [6, 6.07) is 11.2. The molecule has 106 valence electrons. The summed E-state index contributed by atoms with van der Waals surface area (Å²) in [5, 5.41) is 19.3. The molecule has 0 saturated carbocycles. The van der Waals surface area contributed by atoms with Crippen LogP contribution < -0.4 is 10.6 Å². The van der Waals surface area contributed by atoms with Crippen LogP contribution in [0, 0.1) is 11.3 Å². The third-order valence-corrected chi connectivity index (χ3v) is 3.87. The molecule has 3 rings (SSSR count). The molecule has 0 aliphatic carbocycles. The van der Waals surface area contributed by atoms with Gasteiger partial charge in [0.1, 0.15) is 11.4 Å². The molecule has 0 bridgehead atoms. The predicted molar refractivity (Wildman–Crippen MR) is 77.8 cm³/mol. The number of carboxylic acids is 1. The van der Waals surface area contributed by atoms with Gasteiger partial charge in [-0.2, -0.15) is 5.26 Å². The van der Waals surface area contributed by atoms with Crippen molar-refractivity contribution >= 4 is 22.7 Å². The van der Waals surface area contributed by atoms with Crippen LogP contribution in [0.5, 0.6) is 0 Å². The second-order valence-electron chi connectivity index (χ2n) is 5.29. The normalized spacial score (nSPS) is 21.4. The number of anilines is 1. The Kier molecular flexibility index (Phi) is 3.00. The van der Waals surface area contributed by atoms with Gasteiger partial charge in [-0.3, -0.25) is 4.79 Å². The molecule has 1 aromatic heterocycles. The number of nitriles is 1. The highest BCUT2D eigenvalue weighted by atomic mass is 16.4. The Balaban J connectivity index is 2.03. The first-order chi connectivity index (χ1) is 10.0. The molecule has 2 aromatic rings. The van der Waals surface area contributed by atoms with E-state index in [1.165, 1.54) is 0 Å². The van der Waals surface area contributed by atoms with E-state index in [1.807, 2.05) is 29.2 Å². The number of pyridine rings is 1. The van der Waals surface area contributed by atoms with Gasteiger partial charge in [0.05, 0.1) is 17.1 Å². The highest BCUT2D eigenvalue weighted by Crippen LogP contribution is 2.27. The smallest absolute Gasteiger partial charge is 0.325 e. The first kappa shape index (κ1) is 13.3. The average Bonchev–Trinajstić information content (AvgIpc) is 2.90. The lowest BCUT2D eigenvalue weighted by Gasteiger charge is -2.21. The zero-order valence-electron chi connectivity index (χ0n) is 11.3. The highest BCUT2D eigenvalue weighted by Gasteiger charge is 2.41. The summed E-state index contributed by atoms with van der Waals surface area (Å²) in [7, 11) is 0. The lowest BCUT2D eigenvalue weighted by atomic mass is 10.0. The number of nitrogens with zero attached hydrogens (tertiary/aromatic N) is 3. The maximum Gasteiger partial charge on any atom is 0.325 e. The van der Waals surface area contributed by atoms with Gasteiger partial charge in [0.2, 0.25) is 0 Å². The Labute approximate surface area is 121 Å². The van der Waals surface area contributed by atoms with Gasteiger partial charge in [0.15, 0.2) is 0 Å². The van der Waals surface area contributed by atoms with E-state index in [0.29, 0.717) is 24.3 Å². The van der Waals surface area contributed by atoms with Crippen LogP contribution in [-0.4, -0.2) is 34.7 Å². The van der Waals surface area contributed by atoms with Crippen molar-refractivity contribution in [3.63, 3.8) is 0 Å². The van der Waals surface area contributed by atoms with E-state index >= 15 is 0 Å². The number of rotatable bonds is 2.